The van der Waals surface area contributed by atoms with E-state index in [-0.39, 0.29) is 6.10 Å². The van der Waals surface area contributed by atoms with Gasteiger partial charge in [-0.05, 0) is 62.1 Å². The van der Waals surface area contributed by atoms with Gasteiger partial charge >= 0.3 is 0 Å². The average Bonchev–Trinajstić information content (AvgIpc) is 2.42. The van der Waals surface area contributed by atoms with Gasteiger partial charge in [-0.2, -0.15) is 0 Å². The summed E-state index contributed by atoms with van der Waals surface area (Å²) in [5.74, 6) is 1.78. The largest absolute Gasteiger partial charge is 0.497 e. The Hall–Kier alpha value is -1.48. The Morgan fingerprint density at radius 1 is 1.39 bits per heavy atom. The molecule has 0 amide bonds. The summed E-state index contributed by atoms with van der Waals surface area (Å²) in [5, 5.41) is 0. The zero-order chi connectivity index (χ0) is 12.8. The van der Waals surface area contributed by atoms with Gasteiger partial charge in [0, 0.05) is 0 Å². The quantitative estimate of drug-likeness (QED) is 0.814. The van der Waals surface area contributed by atoms with Crippen molar-refractivity contribution in [2.24, 2.45) is 5.73 Å². The highest BCUT2D eigenvalue weighted by molar-refractivity contribution is 5.40. The summed E-state index contributed by atoms with van der Waals surface area (Å²) >= 11 is 0. The first kappa shape index (κ1) is 13.0. The molecule has 0 bridgehead atoms. The van der Waals surface area contributed by atoms with Crippen molar-refractivity contribution in [2.45, 2.75) is 31.8 Å². The summed E-state index contributed by atoms with van der Waals surface area (Å²) in [6.45, 7) is 0.615. The summed E-state index contributed by atoms with van der Waals surface area (Å²) in [4.78, 5) is 0. The molecule has 0 fully saturated rings. The van der Waals surface area contributed by atoms with Crippen LogP contribution in [0, 0.1) is 0 Å². The molecule has 2 N–H and O–H groups in total. The van der Waals surface area contributed by atoms with Crippen molar-refractivity contribution >= 4 is 0 Å². The van der Waals surface area contributed by atoms with Crippen molar-refractivity contribution < 1.29 is 9.47 Å². The van der Waals surface area contributed by atoms with Gasteiger partial charge < -0.3 is 15.2 Å². The summed E-state index contributed by atoms with van der Waals surface area (Å²) in [5.41, 5.74) is 6.76. The van der Waals surface area contributed by atoms with Gasteiger partial charge in [-0.1, -0.05) is 6.08 Å². The summed E-state index contributed by atoms with van der Waals surface area (Å²) < 4.78 is 11.3. The first-order valence-corrected chi connectivity index (χ1v) is 6.54. The summed E-state index contributed by atoms with van der Waals surface area (Å²) in [6, 6.07) is 5.92. The fourth-order valence-electron chi connectivity index (χ4n) is 2.19. The Labute approximate surface area is 109 Å². The maximum absolute atomic E-state index is 6.04. The van der Waals surface area contributed by atoms with Gasteiger partial charge in [0.2, 0.25) is 0 Å². The van der Waals surface area contributed by atoms with Gasteiger partial charge in [-0.3, -0.25) is 0 Å². The molecule has 1 atom stereocenters. The standard InChI is InChI=1S/C15H21NO2/c1-17-14-7-8-15(12(11-14)9-10-16)18-13-5-3-2-4-6-13/h3,5,7-8,11,13H,2,4,6,9-10,16H2,1H3. The fraction of sp³-hybridized carbons (Fsp3) is 0.467. The monoisotopic (exact) mass is 247 g/mol. The van der Waals surface area contributed by atoms with E-state index >= 15 is 0 Å². The van der Waals surface area contributed by atoms with Crippen LogP contribution in [0.5, 0.6) is 11.5 Å². The minimum absolute atomic E-state index is 0.198. The molecule has 3 heteroatoms. The lowest BCUT2D eigenvalue weighted by Gasteiger charge is -2.20. The normalized spacial score (nSPS) is 18.7. The molecule has 1 aromatic carbocycles. The van der Waals surface area contributed by atoms with Crippen LogP contribution in [0.4, 0.5) is 0 Å². The third-order valence-corrected chi connectivity index (χ3v) is 3.17. The molecule has 3 nitrogen and oxygen atoms in total. The molecular weight excluding hydrogens is 226 g/mol. The summed E-state index contributed by atoms with van der Waals surface area (Å²) in [7, 11) is 1.67. The number of hydrogen-bond donors (Lipinski definition) is 1. The van der Waals surface area contributed by atoms with Crippen LogP contribution in [-0.4, -0.2) is 19.8 Å². The molecule has 1 unspecified atom stereocenters. The molecule has 0 aliphatic heterocycles. The van der Waals surface area contributed by atoms with Crippen molar-refractivity contribution in [1.82, 2.24) is 0 Å². The second-order valence-corrected chi connectivity index (χ2v) is 4.53. The number of nitrogens with two attached hydrogens (primary N) is 1. The Balaban J connectivity index is 2.14. The predicted molar refractivity (Wildman–Crippen MR) is 73.2 cm³/mol. The van der Waals surface area contributed by atoms with E-state index in [4.69, 9.17) is 15.2 Å². The van der Waals surface area contributed by atoms with Crippen molar-refractivity contribution in [3.05, 3.63) is 35.9 Å². The van der Waals surface area contributed by atoms with Gasteiger partial charge in [-0.25, -0.2) is 0 Å². The second kappa shape index (κ2) is 6.45. The van der Waals surface area contributed by atoms with E-state index in [1.165, 1.54) is 6.42 Å². The van der Waals surface area contributed by atoms with Gasteiger partial charge in [0.1, 0.15) is 17.6 Å². The third kappa shape index (κ3) is 3.26. The molecule has 1 aliphatic rings. The molecular formula is C15H21NO2. The average molecular weight is 247 g/mol. The zero-order valence-corrected chi connectivity index (χ0v) is 10.9. The van der Waals surface area contributed by atoms with Crippen LogP contribution in [0.1, 0.15) is 24.8 Å². The van der Waals surface area contributed by atoms with E-state index in [0.29, 0.717) is 6.54 Å². The lowest BCUT2D eigenvalue weighted by Crippen LogP contribution is -2.17. The van der Waals surface area contributed by atoms with Crippen molar-refractivity contribution in [3.8, 4) is 11.5 Å². The molecule has 0 saturated carbocycles. The zero-order valence-electron chi connectivity index (χ0n) is 10.9. The molecule has 0 saturated heterocycles. The molecule has 2 rings (SSSR count). The predicted octanol–water partition coefficient (Wildman–Crippen LogP) is 2.68. The van der Waals surface area contributed by atoms with Crippen molar-refractivity contribution in [2.75, 3.05) is 13.7 Å². The van der Waals surface area contributed by atoms with Crippen molar-refractivity contribution in [1.29, 1.82) is 0 Å². The Morgan fingerprint density at radius 3 is 2.94 bits per heavy atom. The molecule has 0 heterocycles. The van der Waals surface area contributed by atoms with E-state index in [1.54, 1.807) is 7.11 Å². The lowest BCUT2D eigenvalue weighted by atomic mass is 10.0. The molecule has 0 spiro atoms. The molecule has 1 aliphatic carbocycles. The number of rotatable bonds is 5. The number of benzene rings is 1. The van der Waals surface area contributed by atoms with E-state index in [1.807, 2.05) is 18.2 Å². The Bertz CT molecular complexity index is 415. The highest BCUT2D eigenvalue weighted by atomic mass is 16.5. The lowest BCUT2D eigenvalue weighted by molar-refractivity contribution is 0.227. The van der Waals surface area contributed by atoms with Gasteiger partial charge in [0.05, 0.1) is 7.11 Å². The molecule has 0 aromatic heterocycles. The topological polar surface area (TPSA) is 44.5 Å². The summed E-state index contributed by atoms with van der Waals surface area (Å²) in [6.07, 6.45) is 8.80. The second-order valence-electron chi connectivity index (χ2n) is 4.53. The number of allylic oxidation sites excluding steroid dienone is 1. The Morgan fingerprint density at radius 2 is 2.28 bits per heavy atom. The van der Waals surface area contributed by atoms with Crippen LogP contribution >= 0.6 is 0 Å². The number of methoxy groups -OCH3 is 1. The van der Waals surface area contributed by atoms with Crippen LogP contribution < -0.4 is 15.2 Å². The smallest absolute Gasteiger partial charge is 0.123 e. The molecule has 18 heavy (non-hydrogen) atoms. The van der Waals surface area contributed by atoms with Gasteiger partial charge in [0.15, 0.2) is 0 Å². The van der Waals surface area contributed by atoms with Gasteiger partial charge in [0.25, 0.3) is 0 Å². The third-order valence-electron chi connectivity index (χ3n) is 3.17. The first-order valence-electron chi connectivity index (χ1n) is 6.54. The highest BCUT2D eigenvalue weighted by Gasteiger charge is 2.12. The van der Waals surface area contributed by atoms with E-state index in [9.17, 15) is 0 Å². The van der Waals surface area contributed by atoms with Crippen molar-refractivity contribution in [3.63, 3.8) is 0 Å². The van der Waals surface area contributed by atoms with Crippen LogP contribution in [-0.2, 0) is 6.42 Å². The minimum Gasteiger partial charge on any atom is -0.497 e. The van der Waals surface area contributed by atoms with E-state index in [0.717, 1.165) is 36.3 Å². The molecule has 0 radical (unpaired) electrons. The molecule has 1 aromatic rings. The van der Waals surface area contributed by atoms with E-state index in [2.05, 4.69) is 12.2 Å². The van der Waals surface area contributed by atoms with Crippen LogP contribution in [0.25, 0.3) is 0 Å². The SMILES string of the molecule is COc1ccc(OC2C=CCCC2)c(CCN)c1. The van der Waals surface area contributed by atoms with Gasteiger partial charge in [-0.15, -0.1) is 0 Å². The number of hydrogen-bond acceptors (Lipinski definition) is 3. The van der Waals surface area contributed by atoms with E-state index < -0.39 is 0 Å². The Kier molecular flexibility index (Phi) is 4.65. The maximum atomic E-state index is 6.04. The maximum Gasteiger partial charge on any atom is 0.123 e. The highest BCUT2D eigenvalue weighted by Crippen LogP contribution is 2.27. The molecule has 98 valence electrons. The fourth-order valence-corrected chi connectivity index (χ4v) is 2.19. The van der Waals surface area contributed by atoms with Crippen LogP contribution in [0.3, 0.4) is 0 Å². The minimum atomic E-state index is 0.198. The van der Waals surface area contributed by atoms with Crippen LogP contribution in [0.2, 0.25) is 0 Å². The first-order chi connectivity index (χ1) is 8.83. The number of ether oxygens (including phenoxy) is 2. The van der Waals surface area contributed by atoms with Crippen LogP contribution in [0.15, 0.2) is 30.4 Å².